The van der Waals surface area contributed by atoms with Gasteiger partial charge in [-0.15, -0.1) is 11.3 Å². The van der Waals surface area contributed by atoms with Gasteiger partial charge >= 0.3 is 0 Å². The van der Waals surface area contributed by atoms with E-state index < -0.39 is 0 Å². The molecule has 1 N–H and O–H groups in total. The third-order valence-electron chi connectivity index (χ3n) is 4.34. The van der Waals surface area contributed by atoms with Crippen LogP contribution in [0.1, 0.15) is 9.67 Å². The summed E-state index contributed by atoms with van der Waals surface area (Å²) < 4.78 is 11.5. The molecule has 0 bridgehead atoms. The molecule has 0 atom stereocenters. The Hall–Kier alpha value is -2.76. The molecule has 1 amide bonds. The van der Waals surface area contributed by atoms with Crippen molar-refractivity contribution in [2.75, 3.05) is 19.5 Å². The van der Waals surface area contributed by atoms with Crippen molar-refractivity contribution < 1.29 is 14.3 Å². The van der Waals surface area contributed by atoms with Gasteiger partial charge < -0.3 is 14.8 Å². The monoisotopic (exact) mass is 397 g/mol. The summed E-state index contributed by atoms with van der Waals surface area (Å²) in [6.45, 7) is 0. The number of halogens is 1. The molecule has 3 aromatic carbocycles. The van der Waals surface area contributed by atoms with Crippen molar-refractivity contribution >= 4 is 55.4 Å². The fourth-order valence-corrected chi connectivity index (χ4v) is 4.51. The average Bonchev–Trinajstić information content (AvgIpc) is 3.04. The van der Waals surface area contributed by atoms with Gasteiger partial charge in [-0.1, -0.05) is 41.9 Å². The molecule has 0 radical (unpaired) electrons. The highest BCUT2D eigenvalue weighted by molar-refractivity contribution is 7.22. The molecule has 0 unspecified atom stereocenters. The molecule has 0 fully saturated rings. The van der Waals surface area contributed by atoms with Crippen LogP contribution in [-0.2, 0) is 0 Å². The fraction of sp³-hybridized carbons (Fsp3) is 0.0952. The van der Waals surface area contributed by atoms with Gasteiger partial charge in [-0.3, -0.25) is 4.79 Å². The number of carbonyl (C=O) groups excluding carboxylic acids is 1. The molecule has 1 aromatic heterocycles. The average molecular weight is 398 g/mol. The molecule has 0 saturated heterocycles. The zero-order valence-corrected chi connectivity index (χ0v) is 16.3. The van der Waals surface area contributed by atoms with Crippen molar-refractivity contribution in [3.8, 4) is 11.5 Å². The van der Waals surface area contributed by atoms with Gasteiger partial charge in [0.15, 0.2) is 0 Å². The van der Waals surface area contributed by atoms with Crippen LogP contribution in [0.25, 0.3) is 20.9 Å². The molecule has 4 aromatic rings. The molecule has 27 heavy (non-hydrogen) atoms. The first kappa shape index (κ1) is 17.6. The largest absolute Gasteiger partial charge is 0.497 e. The maximum atomic E-state index is 12.9. The van der Waals surface area contributed by atoms with Crippen molar-refractivity contribution in [2.24, 2.45) is 0 Å². The first-order valence-electron chi connectivity index (χ1n) is 8.25. The Labute approximate surface area is 165 Å². The summed E-state index contributed by atoms with van der Waals surface area (Å²) in [5.74, 6) is 0.928. The number of ether oxygens (including phenoxy) is 2. The Morgan fingerprint density at radius 3 is 2.41 bits per heavy atom. The van der Waals surface area contributed by atoms with Gasteiger partial charge in [0.05, 0.1) is 19.2 Å². The third kappa shape index (κ3) is 3.20. The standard InChI is InChI=1S/C21H16ClNO3S/c1-25-14-9-13(10-15(11-14)26-2)23-21(24)20-19(22)18-16-6-4-3-5-12(16)7-8-17(18)27-20/h3-11H,1-2H3,(H,23,24). The fourth-order valence-electron chi connectivity index (χ4n) is 3.04. The van der Waals surface area contributed by atoms with Gasteiger partial charge in [-0.05, 0) is 16.8 Å². The van der Waals surface area contributed by atoms with Crippen LogP contribution in [0.2, 0.25) is 5.02 Å². The molecule has 0 aliphatic heterocycles. The van der Waals surface area contributed by atoms with E-state index in [2.05, 4.69) is 5.32 Å². The normalized spacial score (nSPS) is 10.9. The number of anilines is 1. The van der Waals surface area contributed by atoms with Crippen molar-refractivity contribution in [3.05, 3.63) is 64.5 Å². The predicted octanol–water partition coefficient (Wildman–Crippen LogP) is 5.98. The van der Waals surface area contributed by atoms with Crippen molar-refractivity contribution in [3.63, 3.8) is 0 Å². The second-order valence-electron chi connectivity index (χ2n) is 5.96. The molecule has 0 spiro atoms. The lowest BCUT2D eigenvalue weighted by Gasteiger charge is -2.09. The summed E-state index contributed by atoms with van der Waals surface area (Å²) in [4.78, 5) is 13.3. The van der Waals surface area contributed by atoms with E-state index in [9.17, 15) is 4.79 Å². The summed E-state index contributed by atoms with van der Waals surface area (Å²) in [6.07, 6.45) is 0. The van der Waals surface area contributed by atoms with E-state index in [4.69, 9.17) is 21.1 Å². The summed E-state index contributed by atoms with van der Waals surface area (Å²) in [7, 11) is 3.13. The first-order valence-corrected chi connectivity index (χ1v) is 9.44. The second-order valence-corrected chi connectivity index (χ2v) is 7.39. The Kier molecular flexibility index (Phi) is 4.64. The number of hydrogen-bond donors (Lipinski definition) is 1. The topological polar surface area (TPSA) is 47.6 Å². The van der Waals surface area contributed by atoms with Crippen LogP contribution >= 0.6 is 22.9 Å². The van der Waals surface area contributed by atoms with Crippen LogP contribution in [0.15, 0.2) is 54.6 Å². The maximum Gasteiger partial charge on any atom is 0.267 e. The summed E-state index contributed by atoms with van der Waals surface area (Å²) >= 11 is 7.99. The van der Waals surface area contributed by atoms with Gasteiger partial charge in [-0.25, -0.2) is 0 Å². The highest BCUT2D eigenvalue weighted by atomic mass is 35.5. The molecule has 136 valence electrons. The van der Waals surface area contributed by atoms with Gasteiger partial charge in [-0.2, -0.15) is 0 Å². The summed E-state index contributed by atoms with van der Waals surface area (Å²) in [5.41, 5.74) is 0.578. The highest BCUT2D eigenvalue weighted by Crippen LogP contribution is 2.40. The van der Waals surface area contributed by atoms with Crippen molar-refractivity contribution in [1.82, 2.24) is 0 Å². The van der Waals surface area contributed by atoms with Gasteiger partial charge in [0.1, 0.15) is 16.4 Å². The molecule has 0 saturated carbocycles. The SMILES string of the molecule is COc1cc(NC(=O)c2sc3ccc4ccccc4c3c2Cl)cc(OC)c1. The van der Waals surface area contributed by atoms with Gasteiger partial charge in [0, 0.05) is 34.0 Å². The summed E-state index contributed by atoms with van der Waals surface area (Å²) in [5, 5.41) is 6.40. The molecular weight excluding hydrogens is 382 g/mol. The Balaban J connectivity index is 1.75. The zero-order chi connectivity index (χ0) is 19.0. The molecule has 0 aliphatic carbocycles. The number of carbonyl (C=O) groups is 1. The molecule has 4 rings (SSSR count). The molecule has 4 nitrogen and oxygen atoms in total. The Bertz CT molecular complexity index is 1150. The Morgan fingerprint density at radius 1 is 1.00 bits per heavy atom. The number of amides is 1. The first-order chi connectivity index (χ1) is 13.1. The highest BCUT2D eigenvalue weighted by Gasteiger charge is 2.19. The number of hydrogen-bond acceptors (Lipinski definition) is 4. The van der Waals surface area contributed by atoms with E-state index in [1.165, 1.54) is 11.3 Å². The number of methoxy groups -OCH3 is 2. The number of rotatable bonds is 4. The van der Waals surface area contributed by atoms with Gasteiger partial charge in [0.2, 0.25) is 0 Å². The lowest BCUT2D eigenvalue weighted by atomic mass is 10.1. The van der Waals surface area contributed by atoms with Crippen LogP contribution in [0.3, 0.4) is 0 Å². The van der Waals surface area contributed by atoms with E-state index in [0.717, 1.165) is 20.9 Å². The van der Waals surface area contributed by atoms with Crippen molar-refractivity contribution in [1.29, 1.82) is 0 Å². The van der Waals surface area contributed by atoms with Crippen LogP contribution in [0.4, 0.5) is 5.69 Å². The number of nitrogens with one attached hydrogen (secondary N) is 1. The third-order valence-corrected chi connectivity index (χ3v) is 5.98. The quantitative estimate of drug-likeness (QED) is 0.461. The van der Waals surface area contributed by atoms with Crippen LogP contribution in [-0.4, -0.2) is 20.1 Å². The minimum Gasteiger partial charge on any atom is -0.497 e. The van der Waals surface area contributed by atoms with Crippen LogP contribution in [0.5, 0.6) is 11.5 Å². The van der Waals surface area contributed by atoms with E-state index in [1.54, 1.807) is 32.4 Å². The maximum absolute atomic E-state index is 12.9. The summed E-state index contributed by atoms with van der Waals surface area (Å²) in [6, 6.07) is 17.3. The lowest BCUT2D eigenvalue weighted by Crippen LogP contribution is -2.10. The predicted molar refractivity (Wildman–Crippen MR) is 112 cm³/mol. The molecule has 1 heterocycles. The minimum absolute atomic E-state index is 0.263. The van der Waals surface area contributed by atoms with Crippen molar-refractivity contribution in [2.45, 2.75) is 0 Å². The molecule has 0 aliphatic rings. The van der Waals surface area contributed by atoms with Gasteiger partial charge in [0.25, 0.3) is 5.91 Å². The molecular formula is C21H16ClNO3S. The minimum atomic E-state index is -0.263. The van der Waals surface area contributed by atoms with E-state index in [0.29, 0.717) is 27.1 Å². The lowest BCUT2D eigenvalue weighted by molar-refractivity contribution is 0.103. The van der Waals surface area contributed by atoms with Crippen LogP contribution in [0, 0.1) is 0 Å². The van der Waals surface area contributed by atoms with E-state index >= 15 is 0 Å². The Morgan fingerprint density at radius 2 is 1.70 bits per heavy atom. The second kappa shape index (κ2) is 7.10. The number of benzene rings is 3. The zero-order valence-electron chi connectivity index (χ0n) is 14.7. The van der Waals surface area contributed by atoms with E-state index in [-0.39, 0.29) is 5.91 Å². The molecule has 6 heteroatoms. The smallest absolute Gasteiger partial charge is 0.267 e. The number of thiophene rings is 1. The van der Waals surface area contributed by atoms with E-state index in [1.807, 2.05) is 36.4 Å². The number of fused-ring (bicyclic) bond motifs is 3. The van der Waals surface area contributed by atoms with Crippen LogP contribution < -0.4 is 14.8 Å².